The molecule has 1 aromatic carbocycles. The first-order valence-corrected chi connectivity index (χ1v) is 7.06. The molecule has 0 radical (unpaired) electrons. The predicted molar refractivity (Wildman–Crippen MR) is 79.1 cm³/mol. The van der Waals surface area contributed by atoms with Gasteiger partial charge in [-0.2, -0.15) is 0 Å². The molecule has 7 heteroatoms. The number of carboxylic acids is 1. The number of aliphatic carboxylic acids is 1. The highest BCUT2D eigenvalue weighted by atomic mass is 35.5. The summed E-state index contributed by atoms with van der Waals surface area (Å²) in [7, 11) is 0. The Morgan fingerprint density at radius 1 is 1.36 bits per heavy atom. The van der Waals surface area contributed by atoms with Gasteiger partial charge in [-0.1, -0.05) is 37.6 Å². The Hall–Kier alpha value is -1.69. The third-order valence-corrected chi connectivity index (χ3v) is 3.40. The SMILES string of the molecule is CC(C)(Cc1cccc(Cl)c1)C(=O)NC(CC(F)F)C(=O)O. The summed E-state index contributed by atoms with van der Waals surface area (Å²) < 4.78 is 24.7. The van der Waals surface area contributed by atoms with Crippen LogP contribution in [0.15, 0.2) is 24.3 Å². The lowest BCUT2D eigenvalue weighted by Gasteiger charge is -2.26. The largest absolute Gasteiger partial charge is 0.480 e. The van der Waals surface area contributed by atoms with Gasteiger partial charge in [0, 0.05) is 16.9 Å². The standard InChI is InChI=1S/C15H18ClF2NO3/c1-15(2,8-9-4-3-5-10(16)6-9)14(22)19-11(13(20)21)7-12(17)18/h3-6,11-12H,7-8H2,1-2H3,(H,19,22)(H,20,21). The van der Waals surface area contributed by atoms with E-state index in [-0.39, 0.29) is 0 Å². The molecule has 0 aromatic heterocycles. The van der Waals surface area contributed by atoms with Crippen molar-refractivity contribution in [3.8, 4) is 0 Å². The van der Waals surface area contributed by atoms with Crippen LogP contribution in [0, 0.1) is 5.41 Å². The minimum Gasteiger partial charge on any atom is -0.480 e. The molecule has 0 heterocycles. The van der Waals surface area contributed by atoms with Crippen LogP contribution in [-0.4, -0.2) is 29.5 Å². The second kappa shape index (κ2) is 7.54. The molecule has 1 rings (SSSR count). The van der Waals surface area contributed by atoms with E-state index in [1.54, 1.807) is 38.1 Å². The topological polar surface area (TPSA) is 66.4 Å². The van der Waals surface area contributed by atoms with E-state index in [4.69, 9.17) is 16.7 Å². The molecule has 4 nitrogen and oxygen atoms in total. The zero-order valence-corrected chi connectivity index (χ0v) is 13.0. The molecule has 0 aliphatic heterocycles. The molecule has 0 saturated carbocycles. The van der Waals surface area contributed by atoms with E-state index in [1.165, 1.54) is 0 Å². The molecule has 0 fully saturated rings. The van der Waals surface area contributed by atoms with Crippen LogP contribution >= 0.6 is 11.6 Å². The summed E-state index contributed by atoms with van der Waals surface area (Å²) in [6.07, 6.45) is -3.42. The first-order chi connectivity index (χ1) is 10.1. The van der Waals surface area contributed by atoms with Crippen molar-refractivity contribution in [1.29, 1.82) is 0 Å². The van der Waals surface area contributed by atoms with Crippen molar-refractivity contribution in [2.75, 3.05) is 0 Å². The van der Waals surface area contributed by atoms with Gasteiger partial charge in [0.15, 0.2) is 0 Å². The normalized spacial score (nSPS) is 13.0. The maximum absolute atomic E-state index is 12.4. The van der Waals surface area contributed by atoms with Crippen LogP contribution in [0.3, 0.4) is 0 Å². The van der Waals surface area contributed by atoms with Crippen LogP contribution in [0.5, 0.6) is 0 Å². The average molecular weight is 334 g/mol. The van der Waals surface area contributed by atoms with E-state index in [0.717, 1.165) is 5.56 Å². The molecular weight excluding hydrogens is 316 g/mol. The molecule has 1 aromatic rings. The van der Waals surface area contributed by atoms with Crippen LogP contribution in [0.1, 0.15) is 25.8 Å². The van der Waals surface area contributed by atoms with Crippen LogP contribution in [0.25, 0.3) is 0 Å². The van der Waals surface area contributed by atoms with E-state index >= 15 is 0 Å². The summed E-state index contributed by atoms with van der Waals surface area (Å²) in [5.74, 6) is -2.08. The number of benzene rings is 1. The number of alkyl halides is 2. The van der Waals surface area contributed by atoms with Crippen molar-refractivity contribution in [3.63, 3.8) is 0 Å². The van der Waals surface area contributed by atoms with Crippen molar-refractivity contribution in [2.24, 2.45) is 5.41 Å². The highest BCUT2D eigenvalue weighted by Crippen LogP contribution is 2.24. The summed E-state index contributed by atoms with van der Waals surface area (Å²) >= 11 is 5.87. The number of nitrogens with one attached hydrogen (secondary N) is 1. The van der Waals surface area contributed by atoms with Gasteiger partial charge in [0.2, 0.25) is 12.3 Å². The Labute approximate surface area is 132 Å². The Kier molecular flexibility index (Phi) is 6.29. The summed E-state index contributed by atoms with van der Waals surface area (Å²) in [6.45, 7) is 3.23. The van der Waals surface area contributed by atoms with Crippen molar-refractivity contribution >= 4 is 23.5 Å². The van der Waals surface area contributed by atoms with E-state index in [2.05, 4.69) is 5.32 Å². The maximum atomic E-state index is 12.4. The lowest BCUT2D eigenvalue weighted by molar-refractivity contribution is -0.144. The predicted octanol–water partition coefficient (Wildman–Crippen LogP) is 3.13. The van der Waals surface area contributed by atoms with Gasteiger partial charge in [-0.15, -0.1) is 0 Å². The van der Waals surface area contributed by atoms with E-state index < -0.39 is 36.2 Å². The van der Waals surface area contributed by atoms with Gasteiger partial charge in [-0.05, 0) is 24.1 Å². The quantitative estimate of drug-likeness (QED) is 0.805. The lowest BCUT2D eigenvalue weighted by atomic mass is 9.84. The first kappa shape index (κ1) is 18.4. The van der Waals surface area contributed by atoms with Crippen LogP contribution in [0.4, 0.5) is 8.78 Å². The molecule has 1 amide bonds. The minimum absolute atomic E-state index is 0.306. The fourth-order valence-corrected chi connectivity index (χ4v) is 2.20. The van der Waals surface area contributed by atoms with Gasteiger partial charge < -0.3 is 10.4 Å². The number of rotatable bonds is 7. The van der Waals surface area contributed by atoms with Crippen LogP contribution in [-0.2, 0) is 16.0 Å². The van der Waals surface area contributed by atoms with Crippen LogP contribution in [0.2, 0.25) is 5.02 Å². The summed E-state index contributed by atoms with van der Waals surface area (Å²) in [6, 6.07) is 5.31. The van der Waals surface area contributed by atoms with E-state index in [1.807, 2.05) is 0 Å². The number of carbonyl (C=O) groups excluding carboxylic acids is 1. The van der Waals surface area contributed by atoms with Gasteiger partial charge in [0.05, 0.1) is 0 Å². The molecule has 0 aliphatic carbocycles. The second-order valence-corrected chi connectivity index (χ2v) is 6.12. The van der Waals surface area contributed by atoms with Crippen molar-refractivity contribution in [2.45, 2.75) is 39.2 Å². The highest BCUT2D eigenvalue weighted by Gasteiger charge is 2.32. The lowest BCUT2D eigenvalue weighted by Crippen LogP contribution is -2.48. The molecule has 22 heavy (non-hydrogen) atoms. The third kappa shape index (κ3) is 5.60. The third-order valence-electron chi connectivity index (χ3n) is 3.17. The van der Waals surface area contributed by atoms with Gasteiger partial charge in [-0.25, -0.2) is 13.6 Å². The number of hydrogen-bond acceptors (Lipinski definition) is 2. The second-order valence-electron chi connectivity index (χ2n) is 5.68. The van der Waals surface area contributed by atoms with Gasteiger partial charge in [0.25, 0.3) is 0 Å². The smallest absolute Gasteiger partial charge is 0.326 e. The fourth-order valence-electron chi connectivity index (χ4n) is 1.99. The summed E-state index contributed by atoms with van der Waals surface area (Å²) in [5, 5.41) is 11.6. The number of carboxylic acid groups (broad SMARTS) is 1. The monoisotopic (exact) mass is 333 g/mol. The van der Waals surface area contributed by atoms with Gasteiger partial charge in [-0.3, -0.25) is 4.79 Å². The molecule has 0 bridgehead atoms. The molecule has 0 spiro atoms. The Bertz CT molecular complexity index is 549. The molecule has 2 N–H and O–H groups in total. The van der Waals surface area contributed by atoms with Gasteiger partial charge in [0.1, 0.15) is 6.04 Å². The van der Waals surface area contributed by atoms with Crippen molar-refractivity contribution in [1.82, 2.24) is 5.32 Å². The van der Waals surface area contributed by atoms with E-state index in [9.17, 15) is 18.4 Å². The Morgan fingerprint density at radius 3 is 2.50 bits per heavy atom. The molecule has 0 saturated heterocycles. The summed E-state index contributed by atoms with van der Waals surface area (Å²) in [5.41, 5.74) is -0.158. The van der Waals surface area contributed by atoms with Crippen molar-refractivity contribution < 1.29 is 23.5 Å². The minimum atomic E-state index is -2.81. The van der Waals surface area contributed by atoms with Crippen molar-refractivity contribution in [3.05, 3.63) is 34.9 Å². The molecule has 1 atom stereocenters. The molecule has 0 aliphatic rings. The Balaban J connectivity index is 2.78. The summed E-state index contributed by atoms with van der Waals surface area (Å²) in [4.78, 5) is 23.1. The fraction of sp³-hybridized carbons (Fsp3) is 0.467. The number of halogens is 3. The maximum Gasteiger partial charge on any atom is 0.326 e. The highest BCUT2D eigenvalue weighted by molar-refractivity contribution is 6.30. The van der Waals surface area contributed by atoms with E-state index in [0.29, 0.717) is 11.4 Å². The average Bonchev–Trinajstić information content (AvgIpc) is 2.36. The number of carbonyl (C=O) groups is 2. The molecule has 1 unspecified atom stereocenters. The van der Waals surface area contributed by atoms with Gasteiger partial charge >= 0.3 is 5.97 Å². The zero-order valence-electron chi connectivity index (χ0n) is 12.3. The Morgan fingerprint density at radius 2 is 2.00 bits per heavy atom. The first-order valence-electron chi connectivity index (χ1n) is 6.68. The molecule has 122 valence electrons. The number of amides is 1. The van der Waals surface area contributed by atoms with Crippen LogP contribution < -0.4 is 5.32 Å². The molecular formula is C15H18ClF2NO3. The zero-order chi connectivity index (χ0) is 16.9. The number of hydrogen-bond donors (Lipinski definition) is 2.